The summed E-state index contributed by atoms with van der Waals surface area (Å²) in [6, 6.07) is 22.4. The molecule has 0 saturated carbocycles. The van der Waals surface area contributed by atoms with E-state index >= 15 is 0 Å². The van der Waals surface area contributed by atoms with Crippen LogP contribution in [0.15, 0.2) is 72.9 Å². The summed E-state index contributed by atoms with van der Waals surface area (Å²) in [4.78, 5) is 4.37. The van der Waals surface area contributed by atoms with Crippen LogP contribution in [0.5, 0.6) is 5.88 Å². The minimum absolute atomic E-state index is 0.523. The monoisotopic (exact) mass is 387 g/mol. The average Bonchev–Trinajstić information content (AvgIpc) is 2.55. The van der Waals surface area contributed by atoms with Crippen LogP contribution in [0.25, 0.3) is 11.1 Å². The van der Waals surface area contributed by atoms with Gasteiger partial charge in [-0.2, -0.15) is 0 Å². The van der Waals surface area contributed by atoms with Crippen molar-refractivity contribution in [1.29, 1.82) is 0 Å². The summed E-state index contributed by atoms with van der Waals surface area (Å²) >= 11 is 2.30. The van der Waals surface area contributed by atoms with Gasteiger partial charge in [0.2, 0.25) is 5.88 Å². The molecule has 3 heteroatoms. The van der Waals surface area contributed by atoms with E-state index in [0.29, 0.717) is 12.5 Å². The van der Waals surface area contributed by atoms with Crippen LogP contribution in [0.2, 0.25) is 0 Å². The Bertz CT molecular complexity index is 711. The molecular weight excluding hydrogens is 373 g/mol. The topological polar surface area (TPSA) is 22.1 Å². The highest BCUT2D eigenvalue weighted by molar-refractivity contribution is 14.1. The number of halogens is 1. The van der Waals surface area contributed by atoms with Crippen LogP contribution < -0.4 is 4.74 Å². The summed E-state index contributed by atoms with van der Waals surface area (Å²) in [5, 5.41) is 0. The van der Waals surface area contributed by atoms with Crippen LogP contribution in [0.4, 0.5) is 0 Å². The molecule has 0 amide bonds. The first kappa shape index (κ1) is 14.1. The van der Waals surface area contributed by atoms with Crippen molar-refractivity contribution in [2.24, 2.45) is 0 Å². The lowest BCUT2D eigenvalue weighted by atomic mass is 10.1. The van der Waals surface area contributed by atoms with E-state index in [1.807, 2.05) is 42.5 Å². The van der Waals surface area contributed by atoms with Crippen LogP contribution in [0, 0.1) is 3.57 Å². The second-order valence-electron chi connectivity index (χ2n) is 4.64. The summed E-state index contributed by atoms with van der Waals surface area (Å²) < 4.78 is 7.11. The van der Waals surface area contributed by atoms with Gasteiger partial charge < -0.3 is 4.74 Å². The molecule has 0 aliphatic carbocycles. The van der Waals surface area contributed by atoms with Gasteiger partial charge >= 0.3 is 0 Å². The van der Waals surface area contributed by atoms with Crippen molar-refractivity contribution in [2.75, 3.05) is 0 Å². The molecule has 0 aliphatic heterocycles. The Morgan fingerprint density at radius 1 is 0.857 bits per heavy atom. The predicted octanol–water partition coefficient (Wildman–Crippen LogP) is 4.93. The van der Waals surface area contributed by atoms with Crippen LogP contribution >= 0.6 is 22.6 Å². The zero-order valence-corrected chi connectivity index (χ0v) is 13.5. The fourth-order valence-corrected chi connectivity index (χ4v) is 2.44. The maximum absolute atomic E-state index is 5.89. The Labute approximate surface area is 138 Å². The third-order valence-corrected chi connectivity index (χ3v) is 3.86. The maximum atomic E-state index is 5.89. The lowest BCUT2D eigenvalue weighted by Gasteiger charge is -2.10. The van der Waals surface area contributed by atoms with Gasteiger partial charge in [-0.15, -0.1) is 0 Å². The highest BCUT2D eigenvalue weighted by Gasteiger charge is 2.07. The molecule has 0 spiro atoms. The Hall–Kier alpha value is -1.88. The van der Waals surface area contributed by atoms with Gasteiger partial charge in [0.1, 0.15) is 6.61 Å². The van der Waals surface area contributed by atoms with E-state index in [1.165, 1.54) is 3.57 Å². The molecule has 2 aromatic carbocycles. The van der Waals surface area contributed by atoms with Crippen molar-refractivity contribution in [3.63, 3.8) is 0 Å². The van der Waals surface area contributed by atoms with Gasteiger partial charge in [-0.25, -0.2) is 4.98 Å². The molecule has 0 saturated heterocycles. The summed E-state index contributed by atoms with van der Waals surface area (Å²) in [5.74, 6) is 0.669. The fraction of sp³-hybridized carbons (Fsp3) is 0.0556. The molecular formula is C18H14INO. The van der Waals surface area contributed by atoms with Crippen molar-refractivity contribution in [3.8, 4) is 17.0 Å². The lowest BCUT2D eigenvalue weighted by Crippen LogP contribution is -1.98. The standard InChI is InChI=1S/C18H14INO/c19-16-10-8-15(9-11-16)17-7-4-12-20-18(17)21-13-14-5-2-1-3-6-14/h1-12H,13H2. The number of hydrogen-bond acceptors (Lipinski definition) is 2. The molecule has 0 aliphatic rings. The number of rotatable bonds is 4. The number of ether oxygens (including phenoxy) is 1. The van der Waals surface area contributed by atoms with Gasteiger partial charge in [-0.05, 0) is 58.0 Å². The lowest BCUT2D eigenvalue weighted by molar-refractivity contribution is 0.295. The van der Waals surface area contributed by atoms with Gasteiger partial charge in [-0.3, -0.25) is 0 Å². The van der Waals surface area contributed by atoms with Crippen molar-refractivity contribution in [2.45, 2.75) is 6.61 Å². The van der Waals surface area contributed by atoms with E-state index in [4.69, 9.17) is 4.74 Å². The molecule has 0 atom stereocenters. The number of nitrogens with zero attached hydrogens (tertiary/aromatic N) is 1. The second-order valence-corrected chi connectivity index (χ2v) is 5.88. The first-order chi connectivity index (χ1) is 10.3. The van der Waals surface area contributed by atoms with E-state index in [2.05, 4.69) is 51.8 Å². The molecule has 0 unspecified atom stereocenters. The Kier molecular flexibility index (Phi) is 4.50. The molecule has 0 radical (unpaired) electrons. The Balaban J connectivity index is 1.84. The zero-order valence-electron chi connectivity index (χ0n) is 11.4. The quantitative estimate of drug-likeness (QED) is 0.593. The molecule has 2 nitrogen and oxygen atoms in total. The van der Waals surface area contributed by atoms with Crippen molar-refractivity contribution in [3.05, 3.63) is 82.1 Å². The van der Waals surface area contributed by atoms with Crippen LogP contribution in [-0.4, -0.2) is 4.98 Å². The smallest absolute Gasteiger partial charge is 0.221 e. The average molecular weight is 387 g/mol. The summed E-state index contributed by atoms with van der Waals surface area (Å²) in [6.45, 7) is 0.523. The minimum Gasteiger partial charge on any atom is -0.472 e. The predicted molar refractivity (Wildman–Crippen MR) is 93.2 cm³/mol. The molecule has 3 aromatic rings. The molecule has 21 heavy (non-hydrogen) atoms. The summed E-state index contributed by atoms with van der Waals surface area (Å²) in [5.41, 5.74) is 3.27. The third-order valence-electron chi connectivity index (χ3n) is 3.14. The van der Waals surface area contributed by atoms with Crippen LogP contribution in [0.3, 0.4) is 0 Å². The van der Waals surface area contributed by atoms with Crippen LogP contribution in [0.1, 0.15) is 5.56 Å². The van der Waals surface area contributed by atoms with Gasteiger partial charge in [0.25, 0.3) is 0 Å². The number of hydrogen-bond donors (Lipinski definition) is 0. The molecule has 0 N–H and O–H groups in total. The number of pyridine rings is 1. The largest absolute Gasteiger partial charge is 0.472 e. The van der Waals surface area contributed by atoms with E-state index in [9.17, 15) is 0 Å². The molecule has 3 rings (SSSR count). The van der Waals surface area contributed by atoms with Gasteiger partial charge in [0.15, 0.2) is 0 Å². The third kappa shape index (κ3) is 3.61. The minimum atomic E-state index is 0.523. The molecule has 1 heterocycles. The molecule has 104 valence electrons. The van der Waals surface area contributed by atoms with E-state index in [-0.39, 0.29) is 0 Å². The van der Waals surface area contributed by atoms with E-state index < -0.39 is 0 Å². The van der Waals surface area contributed by atoms with Crippen molar-refractivity contribution < 1.29 is 4.74 Å². The Morgan fingerprint density at radius 2 is 1.62 bits per heavy atom. The summed E-state index contributed by atoms with van der Waals surface area (Å²) in [7, 11) is 0. The van der Waals surface area contributed by atoms with Gasteiger partial charge in [0.05, 0.1) is 0 Å². The maximum Gasteiger partial charge on any atom is 0.221 e. The molecule has 0 bridgehead atoms. The first-order valence-corrected chi connectivity index (χ1v) is 7.78. The van der Waals surface area contributed by atoms with Gasteiger partial charge in [-0.1, -0.05) is 42.5 Å². The normalized spacial score (nSPS) is 10.3. The van der Waals surface area contributed by atoms with E-state index in [0.717, 1.165) is 16.7 Å². The summed E-state index contributed by atoms with van der Waals surface area (Å²) in [6.07, 6.45) is 1.76. The Morgan fingerprint density at radius 3 is 2.38 bits per heavy atom. The second kappa shape index (κ2) is 6.72. The molecule has 0 fully saturated rings. The fourth-order valence-electron chi connectivity index (χ4n) is 2.08. The van der Waals surface area contributed by atoms with Crippen molar-refractivity contribution >= 4 is 22.6 Å². The SMILES string of the molecule is Ic1ccc(-c2cccnc2OCc2ccccc2)cc1. The van der Waals surface area contributed by atoms with E-state index in [1.54, 1.807) is 6.20 Å². The number of aromatic nitrogens is 1. The zero-order chi connectivity index (χ0) is 14.5. The van der Waals surface area contributed by atoms with Crippen LogP contribution in [-0.2, 0) is 6.61 Å². The van der Waals surface area contributed by atoms with Gasteiger partial charge in [0, 0.05) is 15.3 Å². The number of benzene rings is 2. The highest BCUT2D eigenvalue weighted by Crippen LogP contribution is 2.28. The first-order valence-electron chi connectivity index (χ1n) is 6.70. The highest BCUT2D eigenvalue weighted by atomic mass is 127. The molecule has 1 aromatic heterocycles. The van der Waals surface area contributed by atoms with Crippen molar-refractivity contribution in [1.82, 2.24) is 4.98 Å².